The lowest BCUT2D eigenvalue weighted by Gasteiger charge is -2.06. The highest BCUT2D eigenvalue weighted by Crippen LogP contribution is 2.22. The minimum Gasteiger partial charge on any atom is -0.312 e. The van der Waals surface area contributed by atoms with E-state index >= 15 is 0 Å². The highest BCUT2D eigenvalue weighted by molar-refractivity contribution is 5.82. The van der Waals surface area contributed by atoms with Crippen LogP contribution in [-0.2, 0) is 7.05 Å². The molecule has 0 radical (unpaired) electrons. The molecule has 0 saturated carbocycles. The Kier molecular flexibility index (Phi) is 2.25. The summed E-state index contributed by atoms with van der Waals surface area (Å²) < 4.78 is 1.93. The smallest absolute Gasteiger partial charge is 0.0869 e. The van der Waals surface area contributed by atoms with Gasteiger partial charge < -0.3 is 5.32 Å². The van der Waals surface area contributed by atoms with Crippen molar-refractivity contribution in [2.75, 3.05) is 7.05 Å². The molecule has 0 aliphatic carbocycles. The van der Waals surface area contributed by atoms with E-state index in [1.54, 1.807) is 0 Å². The van der Waals surface area contributed by atoms with Gasteiger partial charge in [0.1, 0.15) is 0 Å². The van der Waals surface area contributed by atoms with Crippen molar-refractivity contribution in [3.63, 3.8) is 0 Å². The molecule has 1 N–H and O–H groups in total. The second-order valence-electron chi connectivity index (χ2n) is 3.54. The van der Waals surface area contributed by atoms with E-state index in [2.05, 4.69) is 35.5 Å². The molecule has 0 aliphatic heterocycles. The number of nitrogens with zero attached hydrogens (tertiary/aromatic N) is 2. The monoisotopic (exact) mass is 189 g/mol. The Morgan fingerprint density at radius 2 is 2.07 bits per heavy atom. The molecule has 1 heterocycles. The summed E-state index contributed by atoms with van der Waals surface area (Å²) in [5, 5.41) is 8.96. The maximum absolute atomic E-state index is 4.51. The normalized spacial score (nSPS) is 13.4. The van der Waals surface area contributed by atoms with E-state index in [1.807, 2.05) is 24.8 Å². The SMILES string of the molecule is CNC(C)c1nn(C)c2ccccc12. The molecular formula is C11H15N3. The van der Waals surface area contributed by atoms with Crippen molar-refractivity contribution in [3.05, 3.63) is 30.0 Å². The van der Waals surface area contributed by atoms with Gasteiger partial charge in [-0.25, -0.2) is 0 Å². The van der Waals surface area contributed by atoms with E-state index in [1.165, 1.54) is 10.9 Å². The summed E-state index contributed by atoms with van der Waals surface area (Å²) in [6.45, 7) is 2.12. The fraction of sp³-hybridized carbons (Fsp3) is 0.364. The summed E-state index contributed by atoms with van der Waals surface area (Å²) in [5.41, 5.74) is 2.30. The maximum Gasteiger partial charge on any atom is 0.0869 e. The van der Waals surface area contributed by atoms with E-state index in [0.29, 0.717) is 6.04 Å². The average molecular weight is 189 g/mol. The molecule has 1 aromatic carbocycles. The third-order valence-corrected chi connectivity index (χ3v) is 2.63. The highest BCUT2D eigenvalue weighted by atomic mass is 15.3. The number of aryl methyl sites for hydroxylation is 1. The zero-order valence-corrected chi connectivity index (χ0v) is 8.78. The van der Waals surface area contributed by atoms with E-state index in [-0.39, 0.29) is 0 Å². The molecular weight excluding hydrogens is 174 g/mol. The second-order valence-corrected chi connectivity index (χ2v) is 3.54. The first-order chi connectivity index (χ1) is 6.74. The molecule has 2 aromatic rings. The standard InChI is InChI=1S/C11H15N3/c1-8(12-2)11-9-6-4-5-7-10(9)14(3)13-11/h4-8,12H,1-3H3. The van der Waals surface area contributed by atoms with Crippen molar-refractivity contribution < 1.29 is 0 Å². The molecule has 74 valence electrons. The van der Waals surface area contributed by atoms with Gasteiger partial charge in [-0.15, -0.1) is 0 Å². The van der Waals surface area contributed by atoms with Gasteiger partial charge >= 0.3 is 0 Å². The van der Waals surface area contributed by atoms with E-state index in [4.69, 9.17) is 0 Å². The fourth-order valence-electron chi connectivity index (χ4n) is 1.70. The third-order valence-electron chi connectivity index (χ3n) is 2.63. The number of hydrogen-bond donors (Lipinski definition) is 1. The zero-order valence-electron chi connectivity index (χ0n) is 8.78. The van der Waals surface area contributed by atoms with Crippen LogP contribution < -0.4 is 5.32 Å². The molecule has 0 spiro atoms. The van der Waals surface area contributed by atoms with Crippen LogP contribution in [0, 0.1) is 0 Å². The lowest BCUT2D eigenvalue weighted by molar-refractivity contribution is 0.617. The number of nitrogens with one attached hydrogen (secondary N) is 1. The molecule has 14 heavy (non-hydrogen) atoms. The van der Waals surface area contributed by atoms with Gasteiger partial charge in [-0.2, -0.15) is 5.10 Å². The molecule has 1 unspecified atom stereocenters. The van der Waals surface area contributed by atoms with Crippen molar-refractivity contribution >= 4 is 10.9 Å². The summed E-state index contributed by atoms with van der Waals surface area (Å²) >= 11 is 0. The van der Waals surface area contributed by atoms with Crippen molar-refractivity contribution in [3.8, 4) is 0 Å². The van der Waals surface area contributed by atoms with Gasteiger partial charge in [-0.05, 0) is 20.0 Å². The summed E-state index contributed by atoms with van der Waals surface area (Å²) in [6, 6.07) is 8.59. The van der Waals surface area contributed by atoms with Crippen LogP contribution in [0.5, 0.6) is 0 Å². The molecule has 3 nitrogen and oxygen atoms in total. The van der Waals surface area contributed by atoms with Gasteiger partial charge in [0.25, 0.3) is 0 Å². The van der Waals surface area contributed by atoms with Crippen molar-refractivity contribution in [2.45, 2.75) is 13.0 Å². The number of aromatic nitrogens is 2. The van der Waals surface area contributed by atoms with Crippen LogP contribution in [0.2, 0.25) is 0 Å². The Labute approximate surface area is 83.7 Å². The molecule has 2 rings (SSSR count). The number of fused-ring (bicyclic) bond motifs is 1. The van der Waals surface area contributed by atoms with Gasteiger partial charge in [-0.1, -0.05) is 18.2 Å². The number of para-hydroxylation sites is 1. The molecule has 0 bridgehead atoms. The molecule has 1 aromatic heterocycles. The minimum atomic E-state index is 0.293. The van der Waals surface area contributed by atoms with E-state index in [9.17, 15) is 0 Å². The first-order valence-electron chi connectivity index (χ1n) is 4.83. The third kappa shape index (κ3) is 1.30. The Morgan fingerprint density at radius 3 is 2.79 bits per heavy atom. The molecule has 0 saturated heterocycles. The van der Waals surface area contributed by atoms with Gasteiger partial charge in [0.15, 0.2) is 0 Å². The van der Waals surface area contributed by atoms with Gasteiger partial charge in [0.05, 0.1) is 11.2 Å². The largest absolute Gasteiger partial charge is 0.312 e. The van der Waals surface area contributed by atoms with Crippen molar-refractivity contribution in [2.24, 2.45) is 7.05 Å². The molecule has 0 aliphatic rings. The van der Waals surface area contributed by atoms with Crippen LogP contribution >= 0.6 is 0 Å². The Bertz CT molecular complexity index is 445. The van der Waals surface area contributed by atoms with E-state index in [0.717, 1.165) is 5.69 Å². The van der Waals surface area contributed by atoms with Crippen molar-refractivity contribution in [1.29, 1.82) is 0 Å². The molecule has 0 fully saturated rings. The van der Waals surface area contributed by atoms with Crippen LogP contribution in [0.4, 0.5) is 0 Å². The molecule has 3 heteroatoms. The molecule has 0 amide bonds. The maximum atomic E-state index is 4.51. The average Bonchev–Trinajstić information content (AvgIpc) is 2.56. The van der Waals surface area contributed by atoms with Gasteiger partial charge in [-0.3, -0.25) is 4.68 Å². The van der Waals surface area contributed by atoms with Crippen LogP contribution in [0.25, 0.3) is 10.9 Å². The van der Waals surface area contributed by atoms with Crippen LogP contribution in [-0.4, -0.2) is 16.8 Å². The van der Waals surface area contributed by atoms with E-state index < -0.39 is 0 Å². The second kappa shape index (κ2) is 3.42. The Balaban J connectivity index is 2.66. The van der Waals surface area contributed by atoms with Gasteiger partial charge in [0.2, 0.25) is 0 Å². The van der Waals surface area contributed by atoms with Crippen LogP contribution in [0.1, 0.15) is 18.7 Å². The quantitative estimate of drug-likeness (QED) is 0.781. The number of rotatable bonds is 2. The number of hydrogen-bond acceptors (Lipinski definition) is 2. The highest BCUT2D eigenvalue weighted by Gasteiger charge is 2.12. The Hall–Kier alpha value is -1.35. The zero-order chi connectivity index (χ0) is 10.1. The van der Waals surface area contributed by atoms with Crippen LogP contribution in [0.3, 0.4) is 0 Å². The topological polar surface area (TPSA) is 29.9 Å². The van der Waals surface area contributed by atoms with Crippen LogP contribution in [0.15, 0.2) is 24.3 Å². The predicted octanol–water partition coefficient (Wildman–Crippen LogP) is 1.85. The summed E-state index contributed by atoms with van der Waals surface area (Å²) in [4.78, 5) is 0. The summed E-state index contributed by atoms with van der Waals surface area (Å²) in [7, 11) is 3.93. The first-order valence-corrected chi connectivity index (χ1v) is 4.83. The molecule has 1 atom stereocenters. The fourth-order valence-corrected chi connectivity index (χ4v) is 1.70. The summed E-state index contributed by atoms with van der Waals surface area (Å²) in [5.74, 6) is 0. The lowest BCUT2D eigenvalue weighted by Crippen LogP contribution is -2.13. The van der Waals surface area contributed by atoms with Gasteiger partial charge in [0, 0.05) is 18.5 Å². The predicted molar refractivity (Wildman–Crippen MR) is 58.2 cm³/mol. The number of benzene rings is 1. The van der Waals surface area contributed by atoms with Crippen molar-refractivity contribution in [1.82, 2.24) is 15.1 Å². The first kappa shape index (κ1) is 9.21. The Morgan fingerprint density at radius 1 is 1.36 bits per heavy atom. The minimum absolute atomic E-state index is 0.293. The summed E-state index contributed by atoms with van der Waals surface area (Å²) in [6.07, 6.45) is 0. The lowest BCUT2D eigenvalue weighted by atomic mass is 10.1.